The zero-order valence-corrected chi connectivity index (χ0v) is 10.0. The molecule has 1 saturated heterocycles. The van der Waals surface area contributed by atoms with Gasteiger partial charge in [-0.1, -0.05) is 23.7 Å². The second-order valence-corrected chi connectivity index (χ2v) is 4.72. The molecular formula is C12H14ClNO3. The molecule has 0 bridgehead atoms. The van der Waals surface area contributed by atoms with E-state index in [-0.39, 0.29) is 13.0 Å². The number of piperidine rings is 1. The van der Waals surface area contributed by atoms with Crippen molar-refractivity contribution < 1.29 is 15.0 Å². The van der Waals surface area contributed by atoms with Crippen LogP contribution in [0.5, 0.6) is 0 Å². The van der Waals surface area contributed by atoms with Crippen molar-refractivity contribution in [3.63, 3.8) is 0 Å². The summed E-state index contributed by atoms with van der Waals surface area (Å²) in [6, 6.07) is 7.25. The lowest BCUT2D eigenvalue weighted by Crippen LogP contribution is -2.53. The normalized spacial score (nSPS) is 24.7. The van der Waals surface area contributed by atoms with Crippen LogP contribution < -0.4 is 4.90 Å². The van der Waals surface area contributed by atoms with E-state index in [2.05, 4.69) is 0 Å². The maximum atomic E-state index is 11.0. The zero-order chi connectivity index (χ0) is 12.5. The minimum Gasteiger partial charge on any atom is -0.479 e. The number of carboxylic acid groups (broad SMARTS) is 1. The van der Waals surface area contributed by atoms with Gasteiger partial charge >= 0.3 is 5.97 Å². The third kappa shape index (κ3) is 2.37. The molecule has 1 fully saturated rings. The Morgan fingerprint density at radius 2 is 2.12 bits per heavy atom. The fourth-order valence-electron chi connectivity index (χ4n) is 2.12. The number of halogens is 1. The van der Waals surface area contributed by atoms with E-state index in [4.69, 9.17) is 16.7 Å². The lowest BCUT2D eigenvalue weighted by Gasteiger charge is -2.38. The third-order valence-electron chi connectivity index (χ3n) is 3.06. The van der Waals surface area contributed by atoms with E-state index >= 15 is 0 Å². The molecule has 4 nitrogen and oxygen atoms in total. The number of hydrogen-bond acceptors (Lipinski definition) is 3. The Kier molecular flexibility index (Phi) is 3.26. The van der Waals surface area contributed by atoms with Crippen LogP contribution in [-0.4, -0.2) is 34.9 Å². The first-order valence-electron chi connectivity index (χ1n) is 5.48. The van der Waals surface area contributed by atoms with Gasteiger partial charge in [0.25, 0.3) is 0 Å². The van der Waals surface area contributed by atoms with E-state index in [1.807, 2.05) is 23.1 Å². The molecule has 0 saturated carbocycles. The first-order valence-corrected chi connectivity index (χ1v) is 5.86. The van der Waals surface area contributed by atoms with E-state index in [1.54, 1.807) is 6.07 Å². The highest BCUT2D eigenvalue weighted by molar-refractivity contribution is 6.33. The third-order valence-corrected chi connectivity index (χ3v) is 3.38. The molecule has 1 aromatic rings. The van der Waals surface area contributed by atoms with Crippen molar-refractivity contribution in [2.75, 3.05) is 18.0 Å². The molecule has 1 unspecified atom stereocenters. The molecule has 1 aliphatic heterocycles. The Balaban J connectivity index is 2.24. The zero-order valence-electron chi connectivity index (χ0n) is 9.27. The van der Waals surface area contributed by atoms with Crippen LogP contribution in [0.3, 0.4) is 0 Å². The number of anilines is 1. The number of carboxylic acids is 1. The van der Waals surface area contributed by atoms with Gasteiger partial charge in [-0.05, 0) is 25.0 Å². The van der Waals surface area contributed by atoms with Crippen LogP contribution in [0.25, 0.3) is 0 Å². The van der Waals surface area contributed by atoms with Crippen molar-refractivity contribution in [3.05, 3.63) is 29.3 Å². The van der Waals surface area contributed by atoms with Crippen LogP contribution >= 0.6 is 11.6 Å². The predicted octanol–water partition coefficient (Wildman–Crippen LogP) is 1.76. The molecule has 0 aliphatic carbocycles. The van der Waals surface area contributed by atoms with Crippen molar-refractivity contribution in [1.29, 1.82) is 0 Å². The summed E-state index contributed by atoms with van der Waals surface area (Å²) >= 11 is 6.06. The number of β-amino-alcohol motifs (C(OH)–C–C–N with tert-alkyl or cyclic N) is 1. The van der Waals surface area contributed by atoms with Crippen LogP contribution in [0.1, 0.15) is 12.8 Å². The second kappa shape index (κ2) is 4.55. The molecule has 0 spiro atoms. The summed E-state index contributed by atoms with van der Waals surface area (Å²) in [6.07, 6.45) is 0.914. The Morgan fingerprint density at radius 3 is 2.76 bits per heavy atom. The largest absolute Gasteiger partial charge is 0.479 e. The standard InChI is InChI=1S/C12H14ClNO3/c13-9-4-1-2-5-10(9)14-7-3-6-12(17,8-14)11(15)16/h1-2,4-5,17H,3,6-8H2,(H,15,16). The summed E-state index contributed by atoms with van der Waals surface area (Å²) in [7, 11) is 0. The topological polar surface area (TPSA) is 60.8 Å². The lowest BCUT2D eigenvalue weighted by atomic mass is 9.92. The molecule has 0 aromatic heterocycles. The number of hydrogen-bond donors (Lipinski definition) is 2. The summed E-state index contributed by atoms with van der Waals surface area (Å²) in [5, 5.41) is 19.6. The van der Waals surface area contributed by atoms with Gasteiger partial charge in [-0.2, -0.15) is 0 Å². The van der Waals surface area contributed by atoms with Gasteiger partial charge in [0.15, 0.2) is 5.60 Å². The van der Waals surface area contributed by atoms with Gasteiger partial charge in [0.2, 0.25) is 0 Å². The van der Waals surface area contributed by atoms with Crippen LogP contribution in [0.2, 0.25) is 5.02 Å². The summed E-state index contributed by atoms with van der Waals surface area (Å²) in [6.45, 7) is 0.783. The molecule has 92 valence electrons. The fourth-order valence-corrected chi connectivity index (χ4v) is 2.38. The van der Waals surface area contributed by atoms with E-state index < -0.39 is 11.6 Å². The second-order valence-electron chi connectivity index (χ2n) is 4.31. The minimum atomic E-state index is -1.67. The highest BCUT2D eigenvalue weighted by atomic mass is 35.5. The van der Waals surface area contributed by atoms with Gasteiger partial charge in [-0.25, -0.2) is 4.79 Å². The molecule has 17 heavy (non-hydrogen) atoms. The summed E-state index contributed by atoms with van der Waals surface area (Å²) in [5.41, 5.74) is -0.897. The average molecular weight is 256 g/mol. The van der Waals surface area contributed by atoms with Gasteiger partial charge in [-0.3, -0.25) is 0 Å². The van der Waals surface area contributed by atoms with Crippen LogP contribution in [0.15, 0.2) is 24.3 Å². The van der Waals surface area contributed by atoms with Crippen molar-refractivity contribution >= 4 is 23.3 Å². The molecule has 2 N–H and O–H groups in total. The summed E-state index contributed by atoms with van der Waals surface area (Å²) in [4.78, 5) is 12.8. The van der Waals surface area contributed by atoms with Gasteiger partial charge in [0, 0.05) is 6.54 Å². The number of aliphatic carboxylic acids is 1. The highest BCUT2D eigenvalue weighted by Crippen LogP contribution is 2.31. The first-order chi connectivity index (χ1) is 8.03. The quantitative estimate of drug-likeness (QED) is 0.845. The Hall–Kier alpha value is -1.26. The molecule has 0 amide bonds. The van der Waals surface area contributed by atoms with Crippen molar-refractivity contribution in [2.24, 2.45) is 0 Å². The summed E-state index contributed by atoms with van der Waals surface area (Å²) < 4.78 is 0. The van der Waals surface area contributed by atoms with Crippen molar-refractivity contribution in [3.8, 4) is 0 Å². The maximum absolute atomic E-state index is 11.0. The van der Waals surface area contributed by atoms with Gasteiger partial charge < -0.3 is 15.1 Å². The number of benzene rings is 1. The first kappa shape index (κ1) is 12.2. The van der Waals surface area contributed by atoms with E-state index in [1.165, 1.54) is 0 Å². The average Bonchev–Trinajstić information content (AvgIpc) is 2.29. The lowest BCUT2D eigenvalue weighted by molar-refractivity contribution is -0.159. The van der Waals surface area contributed by atoms with E-state index in [0.29, 0.717) is 18.0 Å². The molecule has 5 heteroatoms. The van der Waals surface area contributed by atoms with E-state index in [0.717, 1.165) is 5.69 Å². The summed E-state index contributed by atoms with van der Waals surface area (Å²) in [5.74, 6) is -1.17. The monoisotopic (exact) mass is 255 g/mol. The fraction of sp³-hybridized carbons (Fsp3) is 0.417. The molecular weight excluding hydrogens is 242 g/mol. The molecule has 1 aromatic carbocycles. The number of aliphatic hydroxyl groups is 1. The number of rotatable bonds is 2. The van der Waals surface area contributed by atoms with Gasteiger partial charge in [0.1, 0.15) is 0 Å². The molecule has 0 radical (unpaired) electrons. The van der Waals surface area contributed by atoms with Crippen molar-refractivity contribution in [2.45, 2.75) is 18.4 Å². The molecule has 2 rings (SSSR count). The van der Waals surface area contributed by atoms with Crippen LogP contribution in [0.4, 0.5) is 5.69 Å². The Labute approximate surface area is 104 Å². The Morgan fingerprint density at radius 1 is 1.41 bits per heavy atom. The smallest absolute Gasteiger partial charge is 0.337 e. The highest BCUT2D eigenvalue weighted by Gasteiger charge is 2.40. The number of para-hydroxylation sites is 1. The van der Waals surface area contributed by atoms with Crippen LogP contribution in [-0.2, 0) is 4.79 Å². The number of carbonyl (C=O) groups is 1. The van der Waals surface area contributed by atoms with Gasteiger partial charge in [-0.15, -0.1) is 0 Å². The SMILES string of the molecule is O=C(O)C1(O)CCCN(c2ccccc2Cl)C1. The molecule has 1 atom stereocenters. The van der Waals surface area contributed by atoms with Gasteiger partial charge in [0.05, 0.1) is 17.3 Å². The number of nitrogens with zero attached hydrogens (tertiary/aromatic N) is 1. The van der Waals surface area contributed by atoms with E-state index in [9.17, 15) is 9.90 Å². The predicted molar refractivity (Wildman–Crippen MR) is 65.5 cm³/mol. The maximum Gasteiger partial charge on any atom is 0.337 e. The molecule has 1 heterocycles. The Bertz CT molecular complexity index is 438. The minimum absolute atomic E-state index is 0.0755. The van der Waals surface area contributed by atoms with Crippen LogP contribution in [0, 0.1) is 0 Å². The molecule has 1 aliphatic rings. The van der Waals surface area contributed by atoms with Crippen molar-refractivity contribution in [1.82, 2.24) is 0 Å².